The van der Waals surface area contributed by atoms with Crippen LogP contribution in [0.15, 0.2) is 12.1 Å². The summed E-state index contributed by atoms with van der Waals surface area (Å²) in [5, 5.41) is 0. The topological polar surface area (TPSA) is 59.2 Å². The van der Waals surface area contributed by atoms with E-state index >= 15 is 0 Å². The van der Waals surface area contributed by atoms with Gasteiger partial charge in [0.15, 0.2) is 0 Å². The van der Waals surface area contributed by atoms with Crippen molar-refractivity contribution in [3.05, 3.63) is 29.1 Å². The van der Waals surface area contributed by atoms with E-state index in [1.807, 2.05) is 30.9 Å². The van der Waals surface area contributed by atoms with Gasteiger partial charge >= 0.3 is 0 Å². The third-order valence-electron chi connectivity index (χ3n) is 4.16. The molecule has 5 heteroatoms. The molecule has 2 rings (SSSR count). The second-order valence-electron chi connectivity index (χ2n) is 5.60. The van der Waals surface area contributed by atoms with Crippen molar-refractivity contribution in [2.45, 2.75) is 27.2 Å². The first-order valence-electron chi connectivity index (χ1n) is 6.96. The van der Waals surface area contributed by atoms with Crippen molar-refractivity contribution in [2.75, 3.05) is 19.6 Å². The number of pyridine rings is 1. The fourth-order valence-electron chi connectivity index (χ4n) is 2.72. The second kappa shape index (κ2) is 7.04. The fraction of sp³-hybridized carbons (Fsp3) is 0.600. The average Bonchev–Trinajstić information content (AvgIpc) is 2.38. The lowest BCUT2D eigenvalue weighted by molar-refractivity contribution is 0.0617. The predicted octanol–water partition coefficient (Wildman–Crippen LogP) is 2.18. The van der Waals surface area contributed by atoms with E-state index in [0.29, 0.717) is 18.4 Å². The number of rotatable bonds is 2. The third kappa shape index (κ3) is 3.49. The minimum Gasteiger partial charge on any atom is -0.338 e. The lowest BCUT2D eigenvalue weighted by Crippen LogP contribution is -2.45. The highest BCUT2D eigenvalue weighted by Crippen LogP contribution is 2.24. The van der Waals surface area contributed by atoms with E-state index < -0.39 is 0 Å². The molecule has 0 aliphatic carbocycles. The molecular formula is C15H24ClN3O. The number of carbonyl (C=O) groups is 1. The van der Waals surface area contributed by atoms with Crippen LogP contribution in [0.5, 0.6) is 0 Å². The number of piperidine rings is 1. The Morgan fingerprint density at radius 2 is 2.15 bits per heavy atom. The Kier molecular flexibility index (Phi) is 5.96. The molecule has 1 aliphatic heterocycles. The Morgan fingerprint density at radius 3 is 2.75 bits per heavy atom. The summed E-state index contributed by atoms with van der Waals surface area (Å²) >= 11 is 0. The van der Waals surface area contributed by atoms with E-state index in [9.17, 15) is 4.79 Å². The summed E-state index contributed by atoms with van der Waals surface area (Å²) in [6.07, 6.45) is 1.03. The summed E-state index contributed by atoms with van der Waals surface area (Å²) in [5.41, 5.74) is 8.27. The van der Waals surface area contributed by atoms with Gasteiger partial charge in [-0.25, -0.2) is 0 Å². The number of likely N-dealkylation sites (tertiary alicyclic amines) is 1. The highest BCUT2D eigenvalue weighted by atomic mass is 35.5. The molecule has 1 aromatic rings. The van der Waals surface area contributed by atoms with Crippen molar-refractivity contribution in [3.63, 3.8) is 0 Å². The number of carbonyl (C=O) groups excluding carboxylic acids is 1. The van der Waals surface area contributed by atoms with Gasteiger partial charge in [-0.15, -0.1) is 12.4 Å². The van der Waals surface area contributed by atoms with Gasteiger partial charge in [0.05, 0.1) is 11.3 Å². The quantitative estimate of drug-likeness (QED) is 0.910. The van der Waals surface area contributed by atoms with Gasteiger partial charge in [0, 0.05) is 18.8 Å². The maximum atomic E-state index is 12.5. The van der Waals surface area contributed by atoms with Crippen LogP contribution in [-0.2, 0) is 0 Å². The number of halogens is 1. The molecule has 2 heterocycles. The third-order valence-corrected chi connectivity index (χ3v) is 4.16. The van der Waals surface area contributed by atoms with Crippen LogP contribution in [0.4, 0.5) is 0 Å². The second-order valence-corrected chi connectivity index (χ2v) is 5.60. The summed E-state index contributed by atoms with van der Waals surface area (Å²) in [7, 11) is 0. The number of amides is 1. The number of aromatic nitrogens is 1. The van der Waals surface area contributed by atoms with Gasteiger partial charge in [0.2, 0.25) is 0 Å². The zero-order valence-corrected chi connectivity index (χ0v) is 13.2. The van der Waals surface area contributed by atoms with E-state index in [1.165, 1.54) is 0 Å². The van der Waals surface area contributed by atoms with E-state index in [2.05, 4.69) is 11.9 Å². The van der Waals surface area contributed by atoms with Crippen LogP contribution in [0.25, 0.3) is 0 Å². The molecular weight excluding hydrogens is 274 g/mol. The standard InChI is InChI=1S/C15H23N3O.ClH/c1-10-6-7-18(9-13(10)8-16)15(19)14-5-4-11(2)17-12(14)3;/h4-5,10,13H,6-9,16H2,1-3H3;1H. The van der Waals surface area contributed by atoms with Crippen molar-refractivity contribution in [1.82, 2.24) is 9.88 Å². The summed E-state index contributed by atoms with van der Waals surface area (Å²) in [5.74, 6) is 1.11. The summed E-state index contributed by atoms with van der Waals surface area (Å²) < 4.78 is 0. The number of hydrogen-bond donors (Lipinski definition) is 1. The van der Waals surface area contributed by atoms with Crippen LogP contribution < -0.4 is 5.73 Å². The molecule has 0 spiro atoms. The molecule has 1 fully saturated rings. The molecule has 2 N–H and O–H groups in total. The van der Waals surface area contributed by atoms with Gasteiger partial charge in [-0.1, -0.05) is 6.92 Å². The van der Waals surface area contributed by atoms with Crippen LogP contribution >= 0.6 is 12.4 Å². The maximum absolute atomic E-state index is 12.5. The monoisotopic (exact) mass is 297 g/mol. The first-order chi connectivity index (χ1) is 9.02. The molecule has 1 aromatic heterocycles. The van der Waals surface area contributed by atoms with E-state index in [0.717, 1.165) is 36.5 Å². The maximum Gasteiger partial charge on any atom is 0.255 e. The molecule has 4 nitrogen and oxygen atoms in total. The van der Waals surface area contributed by atoms with E-state index in [-0.39, 0.29) is 18.3 Å². The molecule has 0 aromatic carbocycles. The Balaban J connectivity index is 0.00000200. The SMILES string of the molecule is Cc1ccc(C(=O)N2CCC(C)C(CN)C2)c(C)n1.Cl. The Hall–Kier alpha value is -1.13. The number of nitrogens with zero attached hydrogens (tertiary/aromatic N) is 2. The van der Waals surface area contributed by atoms with Crippen molar-refractivity contribution in [2.24, 2.45) is 17.6 Å². The van der Waals surface area contributed by atoms with Crippen LogP contribution in [0, 0.1) is 25.7 Å². The molecule has 112 valence electrons. The van der Waals surface area contributed by atoms with Crippen molar-refractivity contribution < 1.29 is 4.79 Å². The molecule has 2 unspecified atom stereocenters. The smallest absolute Gasteiger partial charge is 0.255 e. The largest absolute Gasteiger partial charge is 0.338 e. The zero-order chi connectivity index (χ0) is 14.0. The predicted molar refractivity (Wildman–Crippen MR) is 83.2 cm³/mol. The molecule has 0 radical (unpaired) electrons. The van der Waals surface area contributed by atoms with E-state index in [1.54, 1.807) is 0 Å². The van der Waals surface area contributed by atoms with Crippen molar-refractivity contribution in [1.29, 1.82) is 0 Å². The number of aryl methyl sites for hydroxylation is 2. The minimum atomic E-state index is 0. The first-order valence-corrected chi connectivity index (χ1v) is 6.96. The number of hydrogen-bond acceptors (Lipinski definition) is 3. The lowest BCUT2D eigenvalue weighted by Gasteiger charge is -2.36. The Bertz CT molecular complexity index is 478. The summed E-state index contributed by atoms with van der Waals surface area (Å²) in [6.45, 7) is 8.29. The molecule has 1 aliphatic rings. The van der Waals surface area contributed by atoms with E-state index in [4.69, 9.17) is 5.73 Å². The molecule has 1 amide bonds. The highest BCUT2D eigenvalue weighted by Gasteiger charge is 2.29. The van der Waals surface area contributed by atoms with Gasteiger partial charge in [-0.05, 0) is 50.8 Å². The van der Waals surface area contributed by atoms with Crippen LogP contribution in [0.2, 0.25) is 0 Å². The van der Waals surface area contributed by atoms with Crippen molar-refractivity contribution >= 4 is 18.3 Å². The van der Waals surface area contributed by atoms with Gasteiger partial charge in [0.1, 0.15) is 0 Å². The zero-order valence-electron chi connectivity index (χ0n) is 12.4. The van der Waals surface area contributed by atoms with Gasteiger partial charge < -0.3 is 10.6 Å². The van der Waals surface area contributed by atoms with Crippen LogP contribution in [0.1, 0.15) is 35.1 Å². The Morgan fingerprint density at radius 1 is 1.45 bits per heavy atom. The summed E-state index contributed by atoms with van der Waals surface area (Å²) in [6, 6.07) is 3.78. The summed E-state index contributed by atoms with van der Waals surface area (Å²) in [4.78, 5) is 18.8. The van der Waals surface area contributed by atoms with Crippen LogP contribution in [0.3, 0.4) is 0 Å². The molecule has 1 saturated heterocycles. The lowest BCUT2D eigenvalue weighted by atomic mass is 9.87. The molecule has 2 atom stereocenters. The molecule has 20 heavy (non-hydrogen) atoms. The molecule has 0 bridgehead atoms. The Labute approximate surface area is 127 Å². The van der Waals surface area contributed by atoms with Crippen LogP contribution in [-0.4, -0.2) is 35.4 Å². The van der Waals surface area contributed by atoms with Gasteiger partial charge in [-0.2, -0.15) is 0 Å². The minimum absolute atomic E-state index is 0. The van der Waals surface area contributed by atoms with Crippen molar-refractivity contribution in [3.8, 4) is 0 Å². The van der Waals surface area contributed by atoms with Gasteiger partial charge in [-0.3, -0.25) is 9.78 Å². The average molecular weight is 298 g/mol. The molecule has 0 saturated carbocycles. The van der Waals surface area contributed by atoms with Gasteiger partial charge in [0.25, 0.3) is 5.91 Å². The number of nitrogens with two attached hydrogens (primary N) is 1. The first kappa shape index (κ1) is 16.9. The highest BCUT2D eigenvalue weighted by molar-refractivity contribution is 5.95. The normalized spacial score (nSPS) is 22.3. The fourth-order valence-corrected chi connectivity index (χ4v) is 2.72.